The van der Waals surface area contributed by atoms with Crippen LogP contribution in [0.2, 0.25) is 0 Å². The number of hydrogen-bond donors (Lipinski definition) is 2. The molecule has 0 aliphatic heterocycles. The number of hydrogen-bond acceptors (Lipinski definition) is 4. The Hall–Kier alpha value is -3.98. The summed E-state index contributed by atoms with van der Waals surface area (Å²) in [6.07, 6.45) is 5.16. The van der Waals surface area contributed by atoms with Crippen molar-refractivity contribution in [1.82, 2.24) is 5.32 Å². The van der Waals surface area contributed by atoms with Gasteiger partial charge in [0.05, 0.1) is 17.8 Å². The van der Waals surface area contributed by atoms with Crippen LogP contribution >= 0.6 is 0 Å². The first-order valence-electron chi connectivity index (χ1n) is 8.56. The van der Waals surface area contributed by atoms with Gasteiger partial charge in [0, 0.05) is 0 Å². The Bertz CT molecular complexity index is 1000. The highest BCUT2D eigenvalue weighted by Gasteiger charge is 2.16. The minimum Gasteiger partial charge on any atom is -0.486 e. The zero-order valence-electron chi connectivity index (χ0n) is 15.0. The van der Waals surface area contributed by atoms with Crippen LogP contribution in [0, 0.1) is 12.3 Å². The van der Waals surface area contributed by atoms with Crippen LogP contribution in [-0.4, -0.2) is 18.4 Å². The fourth-order valence-electron chi connectivity index (χ4n) is 2.45. The lowest BCUT2D eigenvalue weighted by Crippen LogP contribution is -2.25. The predicted octanol–water partition coefficient (Wildman–Crippen LogP) is 3.47. The van der Waals surface area contributed by atoms with E-state index in [1.165, 1.54) is 0 Å². The Morgan fingerprint density at radius 3 is 2.50 bits per heavy atom. The van der Waals surface area contributed by atoms with Crippen molar-refractivity contribution >= 4 is 17.5 Å². The van der Waals surface area contributed by atoms with Gasteiger partial charge in [-0.15, -0.1) is 6.42 Å². The molecule has 0 radical (unpaired) electrons. The van der Waals surface area contributed by atoms with Crippen molar-refractivity contribution < 1.29 is 18.7 Å². The maximum absolute atomic E-state index is 12.5. The van der Waals surface area contributed by atoms with E-state index in [-0.39, 0.29) is 24.8 Å². The van der Waals surface area contributed by atoms with Gasteiger partial charge in [-0.05, 0) is 36.4 Å². The van der Waals surface area contributed by atoms with Gasteiger partial charge in [0.1, 0.15) is 18.1 Å². The van der Waals surface area contributed by atoms with E-state index in [4.69, 9.17) is 15.6 Å². The topological polar surface area (TPSA) is 80.6 Å². The van der Waals surface area contributed by atoms with E-state index in [9.17, 15) is 9.59 Å². The predicted molar refractivity (Wildman–Crippen MR) is 105 cm³/mol. The molecule has 0 fully saturated rings. The van der Waals surface area contributed by atoms with Crippen molar-refractivity contribution in [3.05, 3.63) is 83.8 Å². The van der Waals surface area contributed by atoms with Crippen molar-refractivity contribution in [3.8, 4) is 18.1 Å². The van der Waals surface area contributed by atoms with E-state index in [1.54, 1.807) is 36.4 Å². The zero-order valence-corrected chi connectivity index (χ0v) is 15.0. The molecule has 0 aliphatic carbocycles. The third kappa shape index (κ3) is 4.80. The molecule has 0 saturated heterocycles. The van der Waals surface area contributed by atoms with Crippen molar-refractivity contribution in [2.45, 2.75) is 6.61 Å². The van der Waals surface area contributed by atoms with Gasteiger partial charge < -0.3 is 19.8 Å². The minimum atomic E-state index is -0.469. The van der Waals surface area contributed by atoms with Crippen LogP contribution < -0.4 is 15.4 Å². The summed E-state index contributed by atoms with van der Waals surface area (Å²) in [5.74, 6) is 2.83. The molecule has 3 aromatic rings. The molecule has 0 saturated carbocycles. The monoisotopic (exact) mass is 374 g/mol. The fraction of sp³-hybridized carbons (Fsp3) is 0.0909. The van der Waals surface area contributed by atoms with Crippen molar-refractivity contribution in [1.29, 1.82) is 0 Å². The second-order valence-corrected chi connectivity index (χ2v) is 5.75. The molecule has 0 bridgehead atoms. The van der Waals surface area contributed by atoms with Gasteiger partial charge in [0.25, 0.3) is 11.8 Å². The normalized spacial score (nSPS) is 9.96. The first kappa shape index (κ1) is 18.8. The molecule has 0 unspecified atom stereocenters. The van der Waals surface area contributed by atoms with Gasteiger partial charge in [0.2, 0.25) is 0 Å². The molecule has 28 heavy (non-hydrogen) atoms. The summed E-state index contributed by atoms with van der Waals surface area (Å²) >= 11 is 0. The van der Waals surface area contributed by atoms with E-state index in [1.807, 2.05) is 30.3 Å². The van der Waals surface area contributed by atoms with Crippen LogP contribution in [0.3, 0.4) is 0 Å². The number of rotatable bonds is 7. The highest BCUT2D eigenvalue weighted by molar-refractivity contribution is 6.07. The van der Waals surface area contributed by atoms with Crippen LogP contribution in [0.25, 0.3) is 0 Å². The molecule has 1 aromatic heterocycles. The van der Waals surface area contributed by atoms with Gasteiger partial charge in [-0.1, -0.05) is 36.3 Å². The van der Waals surface area contributed by atoms with Crippen LogP contribution in [0.1, 0.15) is 26.7 Å². The molecule has 2 aromatic carbocycles. The molecule has 2 amide bonds. The maximum atomic E-state index is 12.5. The lowest BCUT2D eigenvalue weighted by atomic mass is 10.1. The Morgan fingerprint density at radius 1 is 0.964 bits per heavy atom. The fourth-order valence-corrected chi connectivity index (χ4v) is 2.45. The van der Waals surface area contributed by atoms with Crippen LogP contribution in [-0.2, 0) is 6.61 Å². The maximum Gasteiger partial charge on any atom is 0.291 e. The number of amides is 2. The molecule has 2 N–H and O–H groups in total. The standard InChI is InChI=1S/C22H18N2O4/c1-2-14-23-21(25)18-10-6-7-11-19(18)24-22(26)20-13-12-17(28-20)15-27-16-8-4-3-5-9-16/h1,3-13H,14-15H2,(H,23,25)(H,24,26). The molecule has 0 atom stereocenters. The number of nitrogens with one attached hydrogen (secondary N) is 2. The summed E-state index contributed by atoms with van der Waals surface area (Å²) in [6.45, 7) is 0.298. The van der Waals surface area contributed by atoms with Crippen LogP contribution in [0.5, 0.6) is 5.75 Å². The number of anilines is 1. The molecule has 0 spiro atoms. The third-order valence-electron chi connectivity index (χ3n) is 3.78. The summed E-state index contributed by atoms with van der Waals surface area (Å²) < 4.78 is 11.1. The molecular weight excluding hydrogens is 356 g/mol. The average Bonchev–Trinajstić information content (AvgIpc) is 3.21. The van der Waals surface area contributed by atoms with Gasteiger partial charge in [-0.25, -0.2) is 0 Å². The number of carbonyl (C=O) groups excluding carboxylic acids is 2. The van der Waals surface area contributed by atoms with E-state index in [0.29, 0.717) is 22.8 Å². The molecule has 0 aliphatic rings. The van der Waals surface area contributed by atoms with E-state index < -0.39 is 5.91 Å². The lowest BCUT2D eigenvalue weighted by molar-refractivity contribution is 0.0959. The molecule has 140 valence electrons. The quantitative estimate of drug-likeness (QED) is 0.621. The zero-order chi connectivity index (χ0) is 19.8. The summed E-state index contributed by atoms with van der Waals surface area (Å²) in [5, 5.41) is 5.26. The average molecular weight is 374 g/mol. The van der Waals surface area contributed by atoms with Crippen molar-refractivity contribution in [2.75, 3.05) is 11.9 Å². The first-order valence-corrected chi connectivity index (χ1v) is 8.56. The molecule has 1 heterocycles. The van der Waals surface area contributed by atoms with Gasteiger partial charge in [-0.3, -0.25) is 9.59 Å². The molecule has 6 heteroatoms. The molecule has 6 nitrogen and oxygen atoms in total. The Labute approximate surface area is 162 Å². The van der Waals surface area contributed by atoms with Gasteiger partial charge in [-0.2, -0.15) is 0 Å². The Balaban J connectivity index is 1.65. The molecular formula is C22H18N2O4. The minimum absolute atomic E-state index is 0.101. The second kappa shape index (κ2) is 9.10. The summed E-state index contributed by atoms with van der Waals surface area (Å²) in [5.41, 5.74) is 0.672. The summed E-state index contributed by atoms with van der Waals surface area (Å²) in [6, 6.07) is 19.2. The van der Waals surface area contributed by atoms with E-state index in [2.05, 4.69) is 16.6 Å². The highest BCUT2D eigenvalue weighted by Crippen LogP contribution is 2.18. The Kier molecular flexibility index (Phi) is 6.11. The van der Waals surface area contributed by atoms with Crippen LogP contribution in [0.4, 0.5) is 5.69 Å². The van der Waals surface area contributed by atoms with E-state index in [0.717, 1.165) is 0 Å². The van der Waals surface area contributed by atoms with Crippen molar-refractivity contribution in [3.63, 3.8) is 0 Å². The molecule has 3 rings (SSSR count). The SMILES string of the molecule is C#CCNC(=O)c1ccccc1NC(=O)c1ccc(COc2ccccc2)o1. The number of ether oxygens (including phenoxy) is 1. The number of carbonyl (C=O) groups is 2. The van der Waals surface area contributed by atoms with E-state index >= 15 is 0 Å². The Morgan fingerprint density at radius 2 is 1.71 bits per heavy atom. The number of benzene rings is 2. The van der Waals surface area contributed by atoms with Gasteiger partial charge >= 0.3 is 0 Å². The third-order valence-corrected chi connectivity index (χ3v) is 3.78. The van der Waals surface area contributed by atoms with Gasteiger partial charge in [0.15, 0.2) is 5.76 Å². The van der Waals surface area contributed by atoms with Crippen LogP contribution in [0.15, 0.2) is 71.1 Å². The highest BCUT2D eigenvalue weighted by atomic mass is 16.5. The first-order chi connectivity index (χ1) is 13.7. The summed E-state index contributed by atoms with van der Waals surface area (Å²) in [4.78, 5) is 24.6. The summed E-state index contributed by atoms with van der Waals surface area (Å²) in [7, 11) is 0. The number of terminal acetylenes is 1. The number of furan rings is 1. The smallest absolute Gasteiger partial charge is 0.291 e. The number of para-hydroxylation sites is 2. The largest absolute Gasteiger partial charge is 0.486 e. The second-order valence-electron chi connectivity index (χ2n) is 5.75. The van der Waals surface area contributed by atoms with Crippen molar-refractivity contribution in [2.24, 2.45) is 0 Å². The lowest BCUT2D eigenvalue weighted by Gasteiger charge is -2.09.